The van der Waals surface area contributed by atoms with Gasteiger partial charge in [-0.3, -0.25) is 4.98 Å². The molecule has 30 heavy (non-hydrogen) atoms. The molecule has 1 fully saturated rings. The van der Waals surface area contributed by atoms with Crippen LogP contribution in [-0.2, 0) is 12.8 Å². The SMILES string of the molecule is CCC(C)CNc1c2c(nc3cc(OCCCN4CCCC4)c(OC)cc13)CCC2. The van der Waals surface area contributed by atoms with Gasteiger partial charge in [-0.15, -0.1) is 0 Å². The molecule has 1 unspecified atom stereocenters. The molecule has 0 radical (unpaired) electrons. The molecule has 0 saturated carbocycles. The van der Waals surface area contributed by atoms with Crippen LogP contribution in [-0.4, -0.2) is 49.8 Å². The van der Waals surface area contributed by atoms with E-state index in [0.29, 0.717) is 12.5 Å². The van der Waals surface area contributed by atoms with Crippen LogP contribution >= 0.6 is 0 Å². The minimum Gasteiger partial charge on any atom is -0.493 e. The Labute approximate surface area is 181 Å². The van der Waals surface area contributed by atoms with Crippen molar-refractivity contribution in [1.29, 1.82) is 0 Å². The first-order valence-electron chi connectivity index (χ1n) is 11.8. The topological polar surface area (TPSA) is 46.6 Å². The summed E-state index contributed by atoms with van der Waals surface area (Å²) in [7, 11) is 1.73. The molecule has 1 aliphatic heterocycles. The predicted octanol–water partition coefficient (Wildman–Crippen LogP) is 5.05. The highest BCUT2D eigenvalue weighted by Gasteiger charge is 2.21. The van der Waals surface area contributed by atoms with Gasteiger partial charge in [-0.25, -0.2) is 0 Å². The van der Waals surface area contributed by atoms with Gasteiger partial charge in [0.25, 0.3) is 0 Å². The predicted molar refractivity (Wildman–Crippen MR) is 124 cm³/mol. The van der Waals surface area contributed by atoms with E-state index < -0.39 is 0 Å². The van der Waals surface area contributed by atoms with Crippen LogP contribution in [0.25, 0.3) is 10.9 Å². The van der Waals surface area contributed by atoms with Crippen LogP contribution in [0.2, 0.25) is 0 Å². The largest absolute Gasteiger partial charge is 0.493 e. The highest BCUT2D eigenvalue weighted by Crippen LogP contribution is 2.39. The molecule has 4 rings (SSSR count). The summed E-state index contributed by atoms with van der Waals surface area (Å²) in [5, 5.41) is 4.90. The van der Waals surface area contributed by atoms with Gasteiger partial charge < -0.3 is 19.7 Å². The lowest BCUT2D eigenvalue weighted by molar-refractivity contribution is 0.254. The highest BCUT2D eigenvalue weighted by atomic mass is 16.5. The number of likely N-dealkylation sites (tertiary alicyclic amines) is 1. The van der Waals surface area contributed by atoms with Crippen LogP contribution in [0, 0.1) is 5.92 Å². The summed E-state index contributed by atoms with van der Waals surface area (Å²) in [6.07, 6.45) is 8.26. The monoisotopic (exact) mass is 411 g/mol. The maximum atomic E-state index is 6.16. The van der Waals surface area contributed by atoms with E-state index in [1.165, 1.54) is 55.7 Å². The van der Waals surface area contributed by atoms with Crippen molar-refractivity contribution in [1.82, 2.24) is 9.88 Å². The van der Waals surface area contributed by atoms with Crippen molar-refractivity contribution in [3.05, 3.63) is 23.4 Å². The van der Waals surface area contributed by atoms with Crippen molar-refractivity contribution >= 4 is 16.6 Å². The fourth-order valence-electron chi connectivity index (χ4n) is 4.64. The van der Waals surface area contributed by atoms with Gasteiger partial charge in [-0.1, -0.05) is 20.3 Å². The normalized spacial score (nSPS) is 17.3. The number of fused-ring (bicyclic) bond motifs is 2. The number of nitrogens with zero attached hydrogens (tertiary/aromatic N) is 2. The Kier molecular flexibility index (Phi) is 6.98. The molecule has 5 heteroatoms. The smallest absolute Gasteiger partial charge is 0.163 e. The minimum absolute atomic E-state index is 0.644. The second-order valence-electron chi connectivity index (χ2n) is 8.93. The van der Waals surface area contributed by atoms with E-state index in [9.17, 15) is 0 Å². The molecule has 1 atom stereocenters. The molecule has 164 valence electrons. The zero-order valence-corrected chi connectivity index (χ0v) is 18.9. The van der Waals surface area contributed by atoms with Crippen LogP contribution in [0.15, 0.2) is 12.1 Å². The van der Waals surface area contributed by atoms with E-state index in [4.69, 9.17) is 14.5 Å². The first-order chi connectivity index (χ1) is 14.7. The number of benzene rings is 1. The Morgan fingerprint density at radius 2 is 1.97 bits per heavy atom. The zero-order chi connectivity index (χ0) is 20.9. The lowest BCUT2D eigenvalue weighted by Gasteiger charge is -2.19. The van der Waals surface area contributed by atoms with E-state index >= 15 is 0 Å². The summed E-state index contributed by atoms with van der Waals surface area (Å²) >= 11 is 0. The number of rotatable bonds is 10. The number of nitrogens with one attached hydrogen (secondary N) is 1. The molecule has 0 bridgehead atoms. The van der Waals surface area contributed by atoms with Crippen LogP contribution < -0.4 is 14.8 Å². The Hall–Kier alpha value is -2.01. The first-order valence-corrected chi connectivity index (χ1v) is 11.8. The maximum Gasteiger partial charge on any atom is 0.163 e. The molecule has 1 aromatic carbocycles. The average molecular weight is 412 g/mol. The number of anilines is 1. The maximum absolute atomic E-state index is 6.16. The Morgan fingerprint density at radius 1 is 1.13 bits per heavy atom. The van der Waals surface area contributed by atoms with Gasteiger partial charge >= 0.3 is 0 Å². The second-order valence-corrected chi connectivity index (χ2v) is 8.93. The van der Waals surface area contributed by atoms with E-state index in [0.717, 1.165) is 54.8 Å². The molecule has 0 spiro atoms. The zero-order valence-electron chi connectivity index (χ0n) is 18.9. The molecule has 1 aromatic heterocycles. The van der Waals surface area contributed by atoms with Crippen molar-refractivity contribution < 1.29 is 9.47 Å². The summed E-state index contributed by atoms with van der Waals surface area (Å²) in [4.78, 5) is 7.54. The standard InChI is InChI=1S/C25H37N3O2/c1-4-18(2)17-26-25-19-9-7-10-21(19)27-22-16-24(23(29-3)15-20(22)25)30-14-8-13-28-11-5-6-12-28/h15-16,18H,4-14,17H2,1-3H3,(H,26,27). The number of hydrogen-bond donors (Lipinski definition) is 1. The van der Waals surface area contributed by atoms with E-state index in [1.807, 2.05) is 0 Å². The molecule has 1 aliphatic carbocycles. The summed E-state index contributed by atoms with van der Waals surface area (Å²) in [6.45, 7) is 9.83. The molecule has 1 saturated heterocycles. The van der Waals surface area contributed by atoms with Gasteiger partial charge in [0.2, 0.25) is 0 Å². The number of aryl methyl sites for hydroxylation is 1. The number of ether oxygens (including phenoxy) is 2. The lowest BCUT2D eigenvalue weighted by atomic mass is 10.0. The van der Waals surface area contributed by atoms with Crippen molar-refractivity contribution in [3.63, 3.8) is 0 Å². The molecule has 1 N–H and O–H groups in total. The van der Waals surface area contributed by atoms with Crippen molar-refractivity contribution in [2.45, 2.75) is 58.8 Å². The quantitative estimate of drug-likeness (QED) is 0.554. The third-order valence-electron chi connectivity index (χ3n) is 6.70. The summed E-state index contributed by atoms with van der Waals surface area (Å²) in [5.41, 5.74) is 4.91. The first kappa shape index (κ1) is 21.2. The van der Waals surface area contributed by atoms with Crippen molar-refractivity contribution in [2.24, 2.45) is 5.92 Å². The van der Waals surface area contributed by atoms with Gasteiger partial charge in [0, 0.05) is 35.9 Å². The van der Waals surface area contributed by atoms with Crippen LogP contribution in [0.1, 0.15) is 57.2 Å². The van der Waals surface area contributed by atoms with Gasteiger partial charge in [0.1, 0.15) is 0 Å². The van der Waals surface area contributed by atoms with Gasteiger partial charge in [0.05, 0.1) is 19.2 Å². The van der Waals surface area contributed by atoms with E-state index in [-0.39, 0.29) is 0 Å². The van der Waals surface area contributed by atoms with Gasteiger partial charge in [0.15, 0.2) is 11.5 Å². The van der Waals surface area contributed by atoms with Crippen LogP contribution in [0.4, 0.5) is 5.69 Å². The van der Waals surface area contributed by atoms with Crippen molar-refractivity contribution in [3.8, 4) is 11.5 Å². The third-order valence-corrected chi connectivity index (χ3v) is 6.70. The number of pyridine rings is 1. The molecule has 5 nitrogen and oxygen atoms in total. The van der Waals surface area contributed by atoms with Gasteiger partial charge in [-0.05, 0) is 69.2 Å². The van der Waals surface area contributed by atoms with Crippen LogP contribution in [0.5, 0.6) is 11.5 Å². The molecular weight excluding hydrogens is 374 g/mol. The fourth-order valence-corrected chi connectivity index (χ4v) is 4.64. The van der Waals surface area contributed by atoms with E-state index in [2.05, 4.69) is 36.2 Å². The average Bonchev–Trinajstić information content (AvgIpc) is 3.45. The van der Waals surface area contributed by atoms with E-state index in [1.54, 1.807) is 7.11 Å². The third kappa shape index (κ3) is 4.66. The Bertz CT molecular complexity index is 861. The summed E-state index contributed by atoms with van der Waals surface area (Å²) in [5.74, 6) is 2.25. The Balaban J connectivity index is 1.56. The Morgan fingerprint density at radius 3 is 2.73 bits per heavy atom. The fraction of sp³-hybridized carbons (Fsp3) is 0.640. The summed E-state index contributed by atoms with van der Waals surface area (Å²) in [6, 6.07) is 4.20. The van der Waals surface area contributed by atoms with Gasteiger partial charge in [-0.2, -0.15) is 0 Å². The lowest BCUT2D eigenvalue weighted by Crippen LogP contribution is -2.21. The summed E-state index contributed by atoms with van der Waals surface area (Å²) < 4.78 is 11.9. The number of hydrogen-bond acceptors (Lipinski definition) is 5. The highest BCUT2D eigenvalue weighted by molar-refractivity contribution is 5.96. The number of methoxy groups -OCH3 is 1. The molecular formula is C25H37N3O2. The van der Waals surface area contributed by atoms with Crippen LogP contribution in [0.3, 0.4) is 0 Å². The number of aromatic nitrogens is 1. The van der Waals surface area contributed by atoms with Crippen molar-refractivity contribution in [2.75, 3.05) is 45.2 Å². The molecule has 2 heterocycles. The molecule has 2 aliphatic rings. The second kappa shape index (κ2) is 9.86. The minimum atomic E-state index is 0.644. The molecule has 0 amide bonds. The molecule has 2 aromatic rings.